The third-order valence-corrected chi connectivity index (χ3v) is 1.16. The Morgan fingerprint density at radius 3 is 2.80 bits per heavy atom. The first-order valence-electron chi connectivity index (χ1n) is 2.93. The average molecular weight is 189 g/mol. The van der Waals surface area contributed by atoms with Crippen LogP contribution in [0.4, 0.5) is 0 Å². The highest BCUT2D eigenvalue weighted by molar-refractivity contribution is 5.85. The van der Waals surface area contributed by atoms with Crippen molar-refractivity contribution in [2.45, 2.75) is 6.04 Å². The highest BCUT2D eigenvalue weighted by Crippen LogP contribution is 1.84. The van der Waals surface area contributed by atoms with Gasteiger partial charge in [-0.2, -0.15) is 0 Å². The van der Waals surface area contributed by atoms with E-state index >= 15 is 0 Å². The summed E-state index contributed by atoms with van der Waals surface area (Å²) in [6.45, 7) is 3.33. The molecular formula is C5H14Cl2N2O. The summed E-state index contributed by atoms with van der Waals surface area (Å²) < 4.78 is 5.12. The van der Waals surface area contributed by atoms with Gasteiger partial charge in [-0.15, -0.1) is 24.8 Å². The number of nitrogens with two attached hydrogens (primary N) is 1. The number of rotatable bonds is 0. The van der Waals surface area contributed by atoms with Crippen molar-refractivity contribution < 1.29 is 4.74 Å². The van der Waals surface area contributed by atoms with E-state index in [4.69, 9.17) is 10.5 Å². The zero-order chi connectivity index (χ0) is 5.82. The highest BCUT2D eigenvalue weighted by Gasteiger charge is 2.04. The van der Waals surface area contributed by atoms with Gasteiger partial charge in [-0.1, -0.05) is 0 Å². The lowest BCUT2D eigenvalue weighted by Crippen LogP contribution is -2.34. The monoisotopic (exact) mass is 188 g/mol. The standard InChI is InChI=1S/C5H12N2O.2ClH/c6-5-3-7-1-2-8-4-5;;/h5,7H,1-4,6H2;2*1H. The molecule has 0 aromatic rings. The summed E-state index contributed by atoms with van der Waals surface area (Å²) in [4.78, 5) is 0. The van der Waals surface area contributed by atoms with E-state index in [1.165, 1.54) is 0 Å². The number of halogens is 2. The van der Waals surface area contributed by atoms with Gasteiger partial charge in [0, 0.05) is 19.1 Å². The van der Waals surface area contributed by atoms with E-state index in [1.54, 1.807) is 0 Å². The van der Waals surface area contributed by atoms with Crippen LogP contribution in [0.1, 0.15) is 0 Å². The Hall–Kier alpha value is 0.460. The first-order chi connectivity index (χ1) is 3.89. The van der Waals surface area contributed by atoms with Gasteiger partial charge in [0.15, 0.2) is 0 Å². The van der Waals surface area contributed by atoms with Crippen LogP contribution in [0.2, 0.25) is 0 Å². The van der Waals surface area contributed by atoms with Gasteiger partial charge in [0.05, 0.1) is 13.2 Å². The molecule has 1 atom stereocenters. The molecule has 1 saturated heterocycles. The maximum atomic E-state index is 5.55. The maximum absolute atomic E-state index is 5.55. The van der Waals surface area contributed by atoms with Gasteiger partial charge in [0.25, 0.3) is 0 Å². The van der Waals surface area contributed by atoms with Crippen LogP contribution in [0.15, 0.2) is 0 Å². The van der Waals surface area contributed by atoms with E-state index in [9.17, 15) is 0 Å². The van der Waals surface area contributed by atoms with Gasteiger partial charge >= 0.3 is 0 Å². The van der Waals surface area contributed by atoms with Crippen LogP contribution < -0.4 is 11.1 Å². The van der Waals surface area contributed by atoms with Gasteiger partial charge < -0.3 is 15.8 Å². The molecule has 64 valence electrons. The average Bonchev–Trinajstić information content (AvgIpc) is 1.94. The van der Waals surface area contributed by atoms with Crippen LogP contribution in [0.25, 0.3) is 0 Å². The summed E-state index contributed by atoms with van der Waals surface area (Å²) in [5, 5.41) is 3.15. The Balaban J connectivity index is 0. The summed E-state index contributed by atoms with van der Waals surface area (Å²) >= 11 is 0. The van der Waals surface area contributed by atoms with Crippen molar-refractivity contribution in [3.63, 3.8) is 0 Å². The molecule has 5 heteroatoms. The minimum absolute atomic E-state index is 0. The summed E-state index contributed by atoms with van der Waals surface area (Å²) in [7, 11) is 0. The van der Waals surface area contributed by atoms with Crippen molar-refractivity contribution >= 4 is 24.8 Å². The zero-order valence-electron chi connectivity index (χ0n) is 5.71. The van der Waals surface area contributed by atoms with Gasteiger partial charge in [-0.3, -0.25) is 0 Å². The molecule has 3 N–H and O–H groups in total. The lowest BCUT2D eigenvalue weighted by Gasteiger charge is -2.03. The lowest BCUT2D eigenvalue weighted by atomic mass is 10.3. The van der Waals surface area contributed by atoms with E-state index in [2.05, 4.69) is 5.32 Å². The van der Waals surface area contributed by atoms with Crippen molar-refractivity contribution in [2.75, 3.05) is 26.3 Å². The van der Waals surface area contributed by atoms with Crippen LogP contribution in [0.3, 0.4) is 0 Å². The van der Waals surface area contributed by atoms with E-state index in [1.807, 2.05) is 0 Å². The summed E-state index contributed by atoms with van der Waals surface area (Å²) in [6, 6.07) is 0.192. The molecule has 0 amide bonds. The highest BCUT2D eigenvalue weighted by atomic mass is 35.5. The van der Waals surface area contributed by atoms with Gasteiger partial charge in [-0.25, -0.2) is 0 Å². The molecule has 0 aromatic heterocycles. The van der Waals surface area contributed by atoms with Crippen LogP contribution in [-0.4, -0.2) is 32.3 Å². The molecule has 1 unspecified atom stereocenters. The van der Waals surface area contributed by atoms with Crippen molar-refractivity contribution in [3.05, 3.63) is 0 Å². The summed E-state index contributed by atoms with van der Waals surface area (Å²) in [6.07, 6.45) is 0. The van der Waals surface area contributed by atoms with E-state index in [0.717, 1.165) is 19.7 Å². The Morgan fingerprint density at radius 2 is 2.10 bits per heavy atom. The van der Waals surface area contributed by atoms with E-state index in [0.29, 0.717) is 6.61 Å². The van der Waals surface area contributed by atoms with E-state index in [-0.39, 0.29) is 30.9 Å². The SMILES string of the molecule is Cl.Cl.NC1CNCCOC1. The minimum Gasteiger partial charge on any atom is -0.378 e. The number of hydrogen-bond donors (Lipinski definition) is 2. The van der Waals surface area contributed by atoms with Crippen LogP contribution >= 0.6 is 24.8 Å². The predicted molar refractivity (Wildman–Crippen MR) is 46.2 cm³/mol. The second kappa shape index (κ2) is 7.57. The number of ether oxygens (including phenoxy) is 1. The van der Waals surface area contributed by atoms with Crippen molar-refractivity contribution in [1.82, 2.24) is 5.32 Å². The quantitative estimate of drug-likeness (QED) is 0.553. The molecule has 3 nitrogen and oxygen atoms in total. The van der Waals surface area contributed by atoms with E-state index < -0.39 is 0 Å². The molecule has 1 rings (SSSR count). The summed E-state index contributed by atoms with van der Waals surface area (Å²) in [5.41, 5.74) is 5.55. The normalized spacial score (nSPS) is 25.5. The zero-order valence-corrected chi connectivity index (χ0v) is 7.34. The Bertz CT molecular complexity index is 66.7. The Labute approximate surface area is 73.5 Å². The van der Waals surface area contributed by atoms with Crippen LogP contribution in [-0.2, 0) is 4.74 Å². The molecule has 10 heavy (non-hydrogen) atoms. The summed E-state index contributed by atoms with van der Waals surface area (Å²) in [5.74, 6) is 0. The molecule has 0 aliphatic carbocycles. The molecule has 0 saturated carbocycles. The largest absolute Gasteiger partial charge is 0.378 e. The first-order valence-corrected chi connectivity index (χ1v) is 2.93. The number of hydrogen-bond acceptors (Lipinski definition) is 3. The molecule has 1 heterocycles. The second-order valence-corrected chi connectivity index (χ2v) is 2.04. The number of nitrogens with one attached hydrogen (secondary N) is 1. The van der Waals surface area contributed by atoms with Gasteiger partial charge in [0.1, 0.15) is 0 Å². The van der Waals surface area contributed by atoms with Gasteiger partial charge in [-0.05, 0) is 0 Å². The third kappa shape index (κ3) is 5.26. The molecular weight excluding hydrogens is 175 g/mol. The molecule has 0 bridgehead atoms. The third-order valence-electron chi connectivity index (χ3n) is 1.16. The van der Waals surface area contributed by atoms with Crippen molar-refractivity contribution in [1.29, 1.82) is 0 Å². The second-order valence-electron chi connectivity index (χ2n) is 2.04. The Morgan fingerprint density at radius 1 is 1.40 bits per heavy atom. The Kier molecular flexibility index (Phi) is 9.90. The first kappa shape index (κ1) is 13.1. The lowest BCUT2D eigenvalue weighted by molar-refractivity contribution is 0.142. The smallest absolute Gasteiger partial charge is 0.0630 e. The molecule has 0 radical (unpaired) electrons. The van der Waals surface area contributed by atoms with Crippen LogP contribution in [0.5, 0.6) is 0 Å². The maximum Gasteiger partial charge on any atom is 0.0630 e. The van der Waals surface area contributed by atoms with Crippen LogP contribution in [0, 0.1) is 0 Å². The van der Waals surface area contributed by atoms with Crippen molar-refractivity contribution in [2.24, 2.45) is 5.73 Å². The van der Waals surface area contributed by atoms with Crippen molar-refractivity contribution in [3.8, 4) is 0 Å². The van der Waals surface area contributed by atoms with Gasteiger partial charge in [0.2, 0.25) is 0 Å². The minimum atomic E-state index is 0. The topological polar surface area (TPSA) is 47.3 Å². The molecule has 1 fully saturated rings. The molecule has 1 aliphatic rings. The molecule has 1 aliphatic heterocycles. The molecule has 0 aromatic carbocycles. The fourth-order valence-electron chi connectivity index (χ4n) is 0.725. The fourth-order valence-corrected chi connectivity index (χ4v) is 0.725. The fraction of sp³-hybridized carbons (Fsp3) is 1.00. The molecule has 0 spiro atoms. The predicted octanol–water partition coefficient (Wildman–Crippen LogP) is -0.223.